The van der Waals surface area contributed by atoms with E-state index in [4.69, 9.17) is 21.4 Å². The number of nitro benzene ring substituents is 1. The van der Waals surface area contributed by atoms with Crippen molar-refractivity contribution < 1.29 is 18.7 Å². The molecular weight excluding hydrogens is 634 g/mol. The maximum atomic E-state index is 14.1. The van der Waals surface area contributed by atoms with Gasteiger partial charge in [-0.15, -0.1) is 0 Å². The van der Waals surface area contributed by atoms with Crippen LogP contribution in [0.5, 0.6) is 0 Å². The van der Waals surface area contributed by atoms with Crippen LogP contribution in [0.25, 0.3) is 17.2 Å². The molecule has 0 unspecified atom stereocenters. The van der Waals surface area contributed by atoms with Gasteiger partial charge in [0.2, 0.25) is 0 Å². The third-order valence-electron chi connectivity index (χ3n) is 7.50. The van der Waals surface area contributed by atoms with Crippen LogP contribution >= 0.6 is 11.6 Å². The van der Waals surface area contributed by atoms with Crippen molar-refractivity contribution in [3.05, 3.63) is 90.7 Å². The van der Waals surface area contributed by atoms with E-state index >= 15 is 0 Å². The normalized spacial score (nSPS) is 15.1. The number of fused-ring (bicyclic) bond motifs is 1. The van der Waals surface area contributed by atoms with Gasteiger partial charge >= 0.3 is 11.8 Å². The predicted octanol–water partition coefficient (Wildman–Crippen LogP) is 6.21. The maximum absolute atomic E-state index is 14.1. The second-order valence-corrected chi connectivity index (χ2v) is 15.5. The number of halogens is 1. The molecule has 0 N–H and O–H groups in total. The highest BCUT2D eigenvalue weighted by molar-refractivity contribution is 7.92. The van der Waals surface area contributed by atoms with Gasteiger partial charge in [0.1, 0.15) is 11.4 Å². The molecule has 0 fully saturated rings. The number of aromatic nitrogens is 4. The van der Waals surface area contributed by atoms with Crippen LogP contribution in [0.15, 0.2) is 51.9 Å². The Bertz CT molecular complexity index is 2050. The smallest absolute Gasteiger partial charge is 0.410 e. The van der Waals surface area contributed by atoms with Crippen LogP contribution in [-0.2, 0) is 20.9 Å². The van der Waals surface area contributed by atoms with E-state index in [-0.39, 0.29) is 17.1 Å². The van der Waals surface area contributed by atoms with Crippen molar-refractivity contribution in [2.24, 2.45) is 4.36 Å². The van der Waals surface area contributed by atoms with Crippen molar-refractivity contribution in [1.29, 1.82) is 0 Å². The Morgan fingerprint density at radius 2 is 1.74 bits per heavy atom. The van der Waals surface area contributed by atoms with E-state index in [0.717, 1.165) is 16.8 Å². The summed E-state index contributed by atoms with van der Waals surface area (Å²) < 4.78 is 26.3. The number of amides is 1. The molecule has 2 aromatic carbocycles. The molecule has 1 atom stereocenters. The zero-order chi connectivity index (χ0) is 33.9. The van der Waals surface area contributed by atoms with Crippen LogP contribution in [0, 0.1) is 24.0 Å². The highest BCUT2D eigenvalue weighted by Crippen LogP contribution is 2.37. The SMILES string of the molecule is Cc1cc(-n2nc3c(c2-n2ccn(-c4ccc(N=S(C)(C)=O)c([N+](=O)[O-])c4)c2=O)[C@H](C)N(C(=O)OC(C)(C)C)CC3)cc(C)c1Cl. The third kappa shape index (κ3) is 6.31. The van der Waals surface area contributed by atoms with E-state index < -0.39 is 38.1 Å². The van der Waals surface area contributed by atoms with Gasteiger partial charge in [0, 0.05) is 64.3 Å². The number of nitro groups is 1. The standard InChI is InChI=1S/C31H36ClN7O6S/c1-18-15-22(16-19(2)27(18)32)38-28(26-20(3)35(12-11-24(26)33-38)30(41)45-31(4,5)6)37-14-13-36(29(37)40)21-9-10-23(34-46(7,8)44)25(17-21)39(42)43/h9-10,13-17,20H,11-12H2,1-8H3/t20-/m0/s1. The molecule has 2 aromatic heterocycles. The highest BCUT2D eigenvalue weighted by Gasteiger charge is 2.37. The first kappa shape index (κ1) is 32.9. The average molecular weight is 670 g/mol. The number of carbonyl (C=O) groups is 1. The summed E-state index contributed by atoms with van der Waals surface area (Å²) in [5.74, 6) is 0.415. The van der Waals surface area contributed by atoms with Crippen molar-refractivity contribution in [2.75, 3.05) is 19.1 Å². The summed E-state index contributed by atoms with van der Waals surface area (Å²) in [6.45, 7) is 11.4. The van der Waals surface area contributed by atoms with E-state index in [1.54, 1.807) is 36.5 Å². The lowest BCUT2D eigenvalue weighted by Gasteiger charge is -2.34. The maximum Gasteiger partial charge on any atom is 0.410 e. The van der Waals surface area contributed by atoms with Crippen molar-refractivity contribution in [2.45, 2.75) is 59.6 Å². The van der Waals surface area contributed by atoms with Crippen molar-refractivity contribution in [3.8, 4) is 17.2 Å². The Morgan fingerprint density at radius 1 is 1.11 bits per heavy atom. The second-order valence-electron chi connectivity index (χ2n) is 12.6. The zero-order valence-corrected chi connectivity index (χ0v) is 28.5. The topological polar surface area (TPSA) is 147 Å². The fourth-order valence-electron chi connectivity index (χ4n) is 5.54. The van der Waals surface area contributed by atoms with Gasteiger partial charge in [0.15, 0.2) is 5.69 Å². The fraction of sp³-hybridized carbons (Fsp3) is 0.387. The van der Waals surface area contributed by atoms with Gasteiger partial charge in [0.05, 0.1) is 28.0 Å². The minimum absolute atomic E-state index is 0.0482. The first-order chi connectivity index (χ1) is 21.4. The first-order valence-corrected chi connectivity index (χ1v) is 17.2. The summed E-state index contributed by atoms with van der Waals surface area (Å²) in [7, 11) is -2.68. The predicted molar refractivity (Wildman–Crippen MR) is 177 cm³/mol. The molecule has 1 amide bonds. The Labute approximate surface area is 271 Å². The first-order valence-electron chi connectivity index (χ1n) is 14.5. The van der Waals surface area contributed by atoms with Gasteiger partial charge in [-0.25, -0.2) is 18.5 Å². The molecule has 0 radical (unpaired) electrons. The van der Waals surface area contributed by atoms with E-state index in [1.165, 1.54) is 46.0 Å². The third-order valence-corrected chi connectivity index (χ3v) is 8.73. The molecule has 46 heavy (non-hydrogen) atoms. The lowest BCUT2D eigenvalue weighted by molar-refractivity contribution is -0.384. The summed E-state index contributed by atoms with van der Waals surface area (Å²) >= 11 is 6.49. The largest absolute Gasteiger partial charge is 0.444 e. The Morgan fingerprint density at radius 3 is 2.33 bits per heavy atom. The van der Waals surface area contributed by atoms with Crippen LogP contribution in [0.2, 0.25) is 5.02 Å². The van der Waals surface area contributed by atoms with Crippen molar-refractivity contribution in [3.63, 3.8) is 0 Å². The molecule has 0 saturated carbocycles. The zero-order valence-electron chi connectivity index (χ0n) is 26.9. The van der Waals surface area contributed by atoms with E-state index in [1.807, 2.05) is 32.9 Å². The number of imidazole rings is 1. The van der Waals surface area contributed by atoms with E-state index in [2.05, 4.69) is 4.36 Å². The Balaban J connectivity index is 1.72. The quantitative estimate of drug-likeness (QED) is 0.181. The number of carbonyl (C=O) groups excluding carboxylic acids is 1. The lowest BCUT2D eigenvalue weighted by Crippen LogP contribution is -2.42. The average Bonchev–Trinajstić information content (AvgIpc) is 3.50. The Hall–Kier alpha value is -4.43. The van der Waals surface area contributed by atoms with Gasteiger partial charge in [0.25, 0.3) is 5.69 Å². The summed E-state index contributed by atoms with van der Waals surface area (Å²) in [6.07, 6.45) is 5.77. The summed E-state index contributed by atoms with van der Waals surface area (Å²) in [6, 6.07) is 7.35. The number of rotatable bonds is 5. The molecule has 0 saturated heterocycles. The van der Waals surface area contributed by atoms with Gasteiger partial charge in [-0.2, -0.15) is 9.46 Å². The monoisotopic (exact) mass is 669 g/mol. The second kappa shape index (κ2) is 11.7. The summed E-state index contributed by atoms with van der Waals surface area (Å²) in [4.78, 5) is 40.3. The highest BCUT2D eigenvalue weighted by atomic mass is 35.5. The van der Waals surface area contributed by atoms with Crippen LogP contribution in [0.4, 0.5) is 16.2 Å². The fourth-order valence-corrected chi connectivity index (χ4v) is 6.27. The van der Waals surface area contributed by atoms with Gasteiger partial charge < -0.3 is 9.64 Å². The minimum atomic E-state index is -2.68. The van der Waals surface area contributed by atoms with Crippen molar-refractivity contribution in [1.82, 2.24) is 23.8 Å². The molecule has 13 nitrogen and oxygen atoms in total. The molecular formula is C31H36ClN7O6S. The molecule has 0 spiro atoms. The van der Waals surface area contributed by atoms with Gasteiger partial charge in [-0.1, -0.05) is 11.6 Å². The summed E-state index contributed by atoms with van der Waals surface area (Å²) in [5, 5.41) is 17.5. The van der Waals surface area contributed by atoms with Gasteiger partial charge in [-0.3, -0.25) is 19.2 Å². The molecule has 1 aliphatic rings. The number of hydrogen-bond donors (Lipinski definition) is 0. The van der Waals surface area contributed by atoms with Crippen LogP contribution in [-0.4, -0.2) is 63.7 Å². The molecule has 15 heteroatoms. The van der Waals surface area contributed by atoms with E-state index in [9.17, 15) is 23.9 Å². The molecule has 0 aliphatic carbocycles. The molecule has 3 heterocycles. The lowest BCUT2D eigenvalue weighted by atomic mass is 10.00. The number of ether oxygens (including phenoxy) is 1. The molecule has 4 aromatic rings. The number of benzene rings is 2. The molecule has 244 valence electrons. The van der Waals surface area contributed by atoms with Crippen molar-refractivity contribution >= 4 is 38.8 Å². The number of hydrogen-bond acceptors (Lipinski definition) is 8. The number of aryl methyl sites for hydroxylation is 2. The molecule has 0 bridgehead atoms. The van der Waals surface area contributed by atoms with Crippen LogP contribution in [0.3, 0.4) is 0 Å². The van der Waals surface area contributed by atoms with Crippen LogP contribution < -0.4 is 5.69 Å². The minimum Gasteiger partial charge on any atom is -0.444 e. The Kier molecular flexibility index (Phi) is 8.41. The number of nitrogens with zero attached hydrogens (tertiary/aromatic N) is 7. The molecule has 1 aliphatic heterocycles. The van der Waals surface area contributed by atoms with Crippen LogP contribution in [0.1, 0.15) is 56.1 Å². The van der Waals surface area contributed by atoms with Gasteiger partial charge in [-0.05, 0) is 76.9 Å². The molecule has 5 rings (SSSR count). The summed E-state index contributed by atoms with van der Waals surface area (Å²) in [5.41, 5.74) is 2.26. The van der Waals surface area contributed by atoms with E-state index in [0.29, 0.717) is 35.1 Å².